The van der Waals surface area contributed by atoms with E-state index in [1.807, 2.05) is 36.2 Å². The minimum atomic E-state index is 0.126. The molecule has 1 N–H and O–H groups in total. The third kappa shape index (κ3) is 3.49. The molecule has 0 spiro atoms. The lowest BCUT2D eigenvalue weighted by molar-refractivity contribution is 0.0727. The van der Waals surface area contributed by atoms with Crippen LogP contribution >= 0.6 is 0 Å². The molecule has 1 unspecified atom stereocenters. The van der Waals surface area contributed by atoms with Crippen LogP contribution in [-0.4, -0.2) is 30.4 Å². The first kappa shape index (κ1) is 13.9. The molecule has 3 heteroatoms. The smallest absolute Gasteiger partial charge is 0.253 e. The number of carbonyl (C=O) groups excluding carboxylic acids is 1. The predicted molar refractivity (Wildman–Crippen MR) is 79.5 cm³/mol. The molecule has 1 aliphatic carbocycles. The Bertz CT molecular complexity index is 423. The van der Waals surface area contributed by atoms with Crippen molar-refractivity contribution in [3.05, 3.63) is 29.8 Å². The molecule has 1 saturated carbocycles. The molecule has 1 atom stereocenters. The Hall–Kier alpha value is -1.51. The number of benzene rings is 1. The van der Waals surface area contributed by atoms with Crippen LogP contribution in [0.2, 0.25) is 0 Å². The fraction of sp³-hybridized carbons (Fsp3) is 0.562. The van der Waals surface area contributed by atoms with Crippen molar-refractivity contribution in [3.63, 3.8) is 0 Å². The van der Waals surface area contributed by atoms with Crippen molar-refractivity contribution in [2.75, 3.05) is 18.9 Å². The summed E-state index contributed by atoms with van der Waals surface area (Å²) in [6.45, 7) is 5.25. The van der Waals surface area contributed by atoms with E-state index in [9.17, 15) is 4.79 Å². The van der Waals surface area contributed by atoms with Gasteiger partial charge in [0.15, 0.2) is 0 Å². The second kappa shape index (κ2) is 6.09. The molecule has 0 aliphatic heterocycles. The summed E-state index contributed by atoms with van der Waals surface area (Å²) < 4.78 is 0. The average Bonchev–Trinajstić information content (AvgIpc) is 3.28. The highest BCUT2D eigenvalue weighted by Gasteiger charge is 2.32. The number of amides is 1. The molecule has 19 heavy (non-hydrogen) atoms. The van der Waals surface area contributed by atoms with Gasteiger partial charge in [-0.1, -0.05) is 6.92 Å². The predicted octanol–water partition coefficient (Wildman–Crippen LogP) is 3.38. The van der Waals surface area contributed by atoms with E-state index in [2.05, 4.69) is 19.2 Å². The van der Waals surface area contributed by atoms with Gasteiger partial charge in [0.05, 0.1) is 0 Å². The van der Waals surface area contributed by atoms with Gasteiger partial charge in [0.1, 0.15) is 0 Å². The first-order chi connectivity index (χ1) is 9.13. The lowest BCUT2D eigenvalue weighted by atomic mass is 10.1. The lowest BCUT2D eigenvalue weighted by Crippen LogP contribution is -2.36. The van der Waals surface area contributed by atoms with Gasteiger partial charge >= 0.3 is 0 Å². The van der Waals surface area contributed by atoms with Crippen LogP contribution in [0.4, 0.5) is 5.69 Å². The maximum atomic E-state index is 12.3. The maximum Gasteiger partial charge on any atom is 0.253 e. The van der Waals surface area contributed by atoms with Crippen LogP contribution in [0.1, 0.15) is 43.5 Å². The van der Waals surface area contributed by atoms with Gasteiger partial charge in [-0.05, 0) is 56.4 Å². The van der Waals surface area contributed by atoms with Gasteiger partial charge in [0.2, 0.25) is 0 Å². The van der Waals surface area contributed by atoms with Crippen molar-refractivity contribution in [2.24, 2.45) is 5.92 Å². The molecule has 1 amide bonds. The standard InChI is InChI=1S/C16H24N2O/c1-4-11-17-15-9-7-14(8-10-15)16(19)18(3)12(2)13-5-6-13/h7-10,12-13,17H,4-6,11H2,1-3H3. The Balaban J connectivity index is 1.98. The quantitative estimate of drug-likeness (QED) is 0.850. The molecule has 104 valence electrons. The fourth-order valence-corrected chi connectivity index (χ4v) is 2.28. The number of carbonyl (C=O) groups is 1. The maximum absolute atomic E-state index is 12.3. The highest BCUT2D eigenvalue weighted by molar-refractivity contribution is 5.94. The van der Waals surface area contributed by atoms with E-state index < -0.39 is 0 Å². The summed E-state index contributed by atoms with van der Waals surface area (Å²) >= 11 is 0. The molecule has 3 nitrogen and oxygen atoms in total. The van der Waals surface area contributed by atoms with Gasteiger partial charge < -0.3 is 10.2 Å². The van der Waals surface area contributed by atoms with Gasteiger partial charge in [0, 0.05) is 30.9 Å². The highest BCUT2D eigenvalue weighted by Crippen LogP contribution is 2.35. The van der Waals surface area contributed by atoms with Crippen molar-refractivity contribution in [1.29, 1.82) is 0 Å². The summed E-state index contributed by atoms with van der Waals surface area (Å²) in [5.74, 6) is 0.834. The van der Waals surface area contributed by atoms with E-state index in [0.29, 0.717) is 12.0 Å². The van der Waals surface area contributed by atoms with Gasteiger partial charge in [-0.3, -0.25) is 4.79 Å². The normalized spacial score (nSPS) is 15.9. The van der Waals surface area contributed by atoms with E-state index in [1.54, 1.807) is 0 Å². The molecule has 2 rings (SSSR count). The largest absolute Gasteiger partial charge is 0.385 e. The molecule has 1 aromatic rings. The van der Waals surface area contributed by atoms with Crippen molar-refractivity contribution in [3.8, 4) is 0 Å². The number of hydrogen-bond donors (Lipinski definition) is 1. The van der Waals surface area contributed by atoms with Gasteiger partial charge in [0.25, 0.3) is 5.91 Å². The van der Waals surface area contributed by atoms with Crippen LogP contribution in [-0.2, 0) is 0 Å². The average molecular weight is 260 g/mol. The second-order valence-corrected chi connectivity index (χ2v) is 5.50. The van der Waals surface area contributed by atoms with Crippen molar-refractivity contribution >= 4 is 11.6 Å². The lowest BCUT2D eigenvalue weighted by Gasteiger charge is -2.25. The van der Waals surface area contributed by atoms with E-state index >= 15 is 0 Å². The molecular weight excluding hydrogens is 236 g/mol. The Morgan fingerprint density at radius 2 is 2.00 bits per heavy atom. The zero-order valence-electron chi connectivity index (χ0n) is 12.1. The summed E-state index contributed by atoms with van der Waals surface area (Å²) in [4.78, 5) is 14.2. The molecule has 1 aromatic carbocycles. The van der Waals surface area contributed by atoms with E-state index in [-0.39, 0.29) is 5.91 Å². The molecule has 0 heterocycles. The Morgan fingerprint density at radius 3 is 2.53 bits per heavy atom. The molecule has 1 aliphatic rings. The zero-order valence-corrected chi connectivity index (χ0v) is 12.1. The Morgan fingerprint density at radius 1 is 1.37 bits per heavy atom. The molecule has 0 saturated heterocycles. The van der Waals surface area contributed by atoms with Crippen molar-refractivity contribution in [2.45, 2.75) is 39.2 Å². The topological polar surface area (TPSA) is 32.3 Å². The SMILES string of the molecule is CCCNc1ccc(C(=O)N(C)C(C)C2CC2)cc1. The molecule has 0 bridgehead atoms. The van der Waals surface area contributed by atoms with Crippen LogP contribution in [0, 0.1) is 5.92 Å². The van der Waals surface area contributed by atoms with Crippen molar-refractivity contribution in [1.82, 2.24) is 4.90 Å². The first-order valence-electron chi connectivity index (χ1n) is 7.24. The van der Waals surface area contributed by atoms with Crippen molar-refractivity contribution < 1.29 is 4.79 Å². The first-order valence-corrected chi connectivity index (χ1v) is 7.24. The summed E-state index contributed by atoms with van der Waals surface area (Å²) in [5.41, 5.74) is 1.85. The van der Waals surface area contributed by atoms with Gasteiger partial charge in [-0.2, -0.15) is 0 Å². The Labute approximate surface area is 116 Å². The van der Waals surface area contributed by atoms with Gasteiger partial charge in [-0.25, -0.2) is 0 Å². The van der Waals surface area contributed by atoms with E-state index in [0.717, 1.165) is 24.2 Å². The molecule has 0 radical (unpaired) electrons. The number of hydrogen-bond acceptors (Lipinski definition) is 2. The number of rotatable bonds is 6. The third-order valence-corrected chi connectivity index (χ3v) is 3.95. The van der Waals surface area contributed by atoms with E-state index in [1.165, 1.54) is 12.8 Å². The second-order valence-electron chi connectivity index (χ2n) is 5.50. The highest BCUT2D eigenvalue weighted by atomic mass is 16.2. The summed E-state index contributed by atoms with van der Waals surface area (Å²) in [7, 11) is 1.91. The third-order valence-electron chi connectivity index (χ3n) is 3.95. The number of anilines is 1. The van der Waals surface area contributed by atoms with Crippen LogP contribution in [0.25, 0.3) is 0 Å². The molecule has 1 fully saturated rings. The van der Waals surface area contributed by atoms with Crippen LogP contribution in [0.3, 0.4) is 0 Å². The molecular formula is C16H24N2O. The number of nitrogens with zero attached hydrogens (tertiary/aromatic N) is 1. The van der Waals surface area contributed by atoms with Crippen LogP contribution in [0.15, 0.2) is 24.3 Å². The van der Waals surface area contributed by atoms with Crippen LogP contribution in [0.5, 0.6) is 0 Å². The van der Waals surface area contributed by atoms with E-state index in [4.69, 9.17) is 0 Å². The summed E-state index contributed by atoms with van der Waals surface area (Å²) in [6.07, 6.45) is 3.62. The zero-order chi connectivity index (χ0) is 13.8. The molecule has 0 aromatic heterocycles. The fourth-order valence-electron chi connectivity index (χ4n) is 2.28. The monoisotopic (exact) mass is 260 g/mol. The van der Waals surface area contributed by atoms with Crippen LogP contribution < -0.4 is 5.32 Å². The minimum absolute atomic E-state index is 0.126. The Kier molecular flexibility index (Phi) is 4.46. The number of nitrogens with one attached hydrogen (secondary N) is 1. The summed E-state index contributed by atoms with van der Waals surface area (Å²) in [6, 6.07) is 8.15. The summed E-state index contributed by atoms with van der Waals surface area (Å²) in [5, 5.41) is 3.32. The minimum Gasteiger partial charge on any atom is -0.385 e. The van der Waals surface area contributed by atoms with Gasteiger partial charge in [-0.15, -0.1) is 0 Å².